The molecule has 21 nitrogen and oxygen atoms in total. The van der Waals surface area contributed by atoms with Crippen molar-refractivity contribution in [2.45, 2.75) is 236 Å². The van der Waals surface area contributed by atoms with Gasteiger partial charge in [0.25, 0.3) is 0 Å². The van der Waals surface area contributed by atoms with E-state index in [4.69, 9.17) is 80.5 Å². The maximum Gasteiger partial charge on any atom is 0.306 e. The molecule has 4 aromatic carbocycles. The molecule has 0 spiro atoms. The fourth-order valence-electron chi connectivity index (χ4n) is 25.9. The van der Waals surface area contributed by atoms with Gasteiger partial charge >= 0.3 is 5.97 Å². The number of aldehydes is 1. The quantitative estimate of drug-likeness (QED) is 0.0256. The topological polar surface area (TPSA) is 232 Å². The fraction of sp³-hybridized carbons (Fsp3) is 0.694. The van der Waals surface area contributed by atoms with Crippen molar-refractivity contribution in [3.63, 3.8) is 0 Å². The Balaban J connectivity index is 0.000000137. The molecule has 22 atom stereocenters. The third-order valence-electron chi connectivity index (χ3n) is 31.2. The van der Waals surface area contributed by atoms with Crippen LogP contribution in [0.5, 0.6) is 23.0 Å². The maximum atomic E-state index is 12.5. The number of aliphatic hydroxyl groups is 2. The Morgan fingerprint density at radius 1 is 0.395 bits per heavy atom. The van der Waals surface area contributed by atoms with Gasteiger partial charge in [-0.05, 0) is 344 Å². The van der Waals surface area contributed by atoms with Gasteiger partial charge in [-0.25, -0.2) is 0 Å². The average Bonchev–Trinajstić information content (AvgIpc) is 1.60. The van der Waals surface area contributed by atoms with Gasteiger partial charge in [-0.1, -0.05) is 64.1 Å². The molecule has 16 rings (SSSR count). The molecule has 4 aromatic rings. The second kappa shape index (κ2) is 41.8. The zero-order chi connectivity index (χ0) is 84.0. The number of carbonyl (C=O) groups is 2. The molecule has 0 heterocycles. The molecule has 21 heteroatoms. The lowest BCUT2D eigenvalue weighted by Gasteiger charge is -2.52. The van der Waals surface area contributed by atoms with Gasteiger partial charge in [0.2, 0.25) is 0 Å². The summed E-state index contributed by atoms with van der Waals surface area (Å²) in [6, 6.07) is 25.7. The van der Waals surface area contributed by atoms with Gasteiger partial charge < -0.3 is 95.5 Å². The number of hydrogen-bond donors (Lipinski definition) is 2. The first kappa shape index (κ1) is 90.9. The van der Waals surface area contributed by atoms with Crippen LogP contribution in [0.1, 0.15) is 256 Å². The van der Waals surface area contributed by atoms with Crippen molar-refractivity contribution in [1.82, 2.24) is 0 Å². The number of hydrogen-bond acceptors (Lipinski definition) is 21. The van der Waals surface area contributed by atoms with Crippen molar-refractivity contribution >= 4 is 23.4 Å². The van der Waals surface area contributed by atoms with E-state index in [2.05, 4.69) is 113 Å². The number of esters is 1. The van der Waals surface area contributed by atoms with Crippen LogP contribution in [-0.4, -0.2) is 178 Å². The zero-order valence-corrected chi connectivity index (χ0v) is 73.5. The second-order valence-electron chi connectivity index (χ2n) is 37.0. The largest absolute Gasteiger partial charge is 0.468 e. The Hall–Kier alpha value is -5.86. The van der Waals surface area contributed by atoms with Crippen molar-refractivity contribution in [2.24, 2.45) is 69.0 Å². The van der Waals surface area contributed by atoms with E-state index < -0.39 is 0 Å². The summed E-state index contributed by atoms with van der Waals surface area (Å²) in [5, 5.41) is 19.4. The van der Waals surface area contributed by atoms with E-state index >= 15 is 0 Å². The highest BCUT2D eigenvalue weighted by Crippen LogP contribution is 2.68. The van der Waals surface area contributed by atoms with Gasteiger partial charge in [-0.15, -0.1) is 0 Å². The van der Waals surface area contributed by atoms with Crippen LogP contribution in [0.3, 0.4) is 0 Å². The predicted octanol–water partition coefficient (Wildman–Crippen LogP) is 18.3. The molecule has 2 N–H and O–H groups in total. The molecule has 8 saturated carbocycles. The molecule has 8 fully saturated rings. The van der Waals surface area contributed by atoms with Crippen LogP contribution in [0.4, 0.5) is 0 Å². The first-order chi connectivity index (χ1) is 57.9. The summed E-state index contributed by atoms with van der Waals surface area (Å²) in [6.45, 7) is 14.7. The number of benzene rings is 4. The Morgan fingerprint density at radius 2 is 0.723 bits per heavy atom. The second-order valence-corrected chi connectivity index (χ2v) is 37.0. The van der Waals surface area contributed by atoms with Gasteiger partial charge in [0.1, 0.15) is 56.5 Å². The maximum absolute atomic E-state index is 12.5. The predicted molar refractivity (Wildman–Crippen MR) is 454 cm³/mol. The van der Waals surface area contributed by atoms with E-state index in [1.165, 1.54) is 120 Å². The van der Waals surface area contributed by atoms with E-state index in [1.54, 1.807) is 56.9 Å². The summed E-state index contributed by atoms with van der Waals surface area (Å²) in [7, 11) is 13.3. The van der Waals surface area contributed by atoms with Crippen LogP contribution >= 0.6 is 0 Å². The molecule has 658 valence electrons. The van der Waals surface area contributed by atoms with Crippen molar-refractivity contribution in [3.05, 3.63) is 129 Å². The van der Waals surface area contributed by atoms with Gasteiger partial charge in [0, 0.05) is 76.5 Å². The molecule has 12 aliphatic rings. The molecule has 0 radical (unpaired) electrons. The van der Waals surface area contributed by atoms with E-state index in [1.807, 2.05) is 6.92 Å². The van der Waals surface area contributed by atoms with Crippen LogP contribution < -0.4 is 18.9 Å². The molecule has 0 bridgehead atoms. The van der Waals surface area contributed by atoms with Crippen molar-refractivity contribution in [3.8, 4) is 23.0 Å². The standard InChI is InChI=1S/C26H38O6.3C24H34O5/c1-5-30-25(27)13-17-12-22-20(19-7-6-18(14-21(17)19)31-15-28-3)10-11-26(2)23(22)8-9-24(26)32-16-29-4;3*1-24-10-8-19-18-5-4-17(28-14-26-2)13-20(18)16(9-11-25)12-21(19)22(24)6-7-23(24)29-15-27-3/h6-7,14,17,20,22-24H,5,8-13,15-16H2,1-4H3;2*4-5,12-13,19,21-23,25H,6-11,14-15H2,1-3H3;4-5,11,13,16,19,21-23H,6-10,12,14-15H2,1-3H3/t17?,20-,22-,23+,24+,26+;2*19-,21-,22+,23+,24+;16-,19-,21-,22+,23+,24+/m1111/s1. The monoisotopic (exact) mass is 1650 g/mol. The minimum absolute atomic E-state index is 0.114. The van der Waals surface area contributed by atoms with E-state index in [9.17, 15) is 19.8 Å². The average molecular weight is 1650 g/mol. The summed E-state index contributed by atoms with van der Waals surface area (Å²) in [4.78, 5) is 24.0. The Kier molecular flexibility index (Phi) is 31.9. The molecule has 0 aliphatic heterocycles. The number of ether oxygens (including phenoxy) is 17. The highest BCUT2D eigenvalue weighted by atomic mass is 16.7. The van der Waals surface area contributed by atoms with Crippen molar-refractivity contribution in [1.29, 1.82) is 0 Å². The molecule has 12 aliphatic carbocycles. The Morgan fingerprint density at radius 3 is 1.08 bits per heavy atom. The zero-order valence-electron chi connectivity index (χ0n) is 73.5. The van der Waals surface area contributed by atoms with Crippen LogP contribution in [-0.2, 0) is 71.2 Å². The molecule has 0 aromatic heterocycles. The first-order valence-corrected chi connectivity index (χ1v) is 44.6. The van der Waals surface area contributed by atoms with Crippen molar-refractivity contribution < 1.29 is 100 Å². The summed E-state index contributed by atoms with van der Waals surface area (Å²) in [6.07, 6.45) is 30.1. The lowest BCUT2D eigenvalue weighted by Crippen LogP contribution is -2.45. The number of aliphatic hydroxyl groups excluding tert-OH is 2. The first-order valence-electron chi connectivity index (χ1n) is 44.6. The molecule has 0 amide bonds. The highest BCUT2D eigenvalue weighted by Gasteiger charge is 2.60. The molecule has 119 heavy (non-hydrogen) atoms. The van der Waals surface area contributed by atoms with Crippen LogP contribution in [0.25, 0.3) is 11.1 Å². The van der Waals surface area contributed by atoms with E-state index in [0.29, 0.717) is 130 Å². The Labute approximate surface area is 708 Å². The number of carbonyl (C=O) groups excluding carboxylic acids is 2. The lowest BCUT2D eigenvalue weighted by atomic mass is 9.53. The summed E-state index contributed by atoms with van der Waals surface area (Å²) < 4.78 is 93.5. The minimum atomic E-state index is -0.114. The Bertz CT molecular complexity index is 3890. The van der Waals surface area contributed by atoms with E-state index in [-0.39, 0.29) is 104 Å². The molecular formula is C98H140O21. The summed E-state index contributed by atoms with van der Waals surface area (Å²) >= 11 is 0. The smallest absolute Gasteiger partial charge is 0.306 e. The minimum Gasteiger partial charge on any atom is -0.468 e. The van der Waals surface area contributed by atoms with Gasteiger partial charge in [-0.3, -0.25) is 4.79 Å². The van der Waals surface area contributed by atoms with Crippen LogP contribution in [0, 0.1) is 69.0 Å². The third-order valence-corrected chi connectivity index (χ3v) is 31.2. The van der Waals surface area contributed by atoms with Gasteiger partial charge in [-0.2, -0.15) is 0 Å². The van der Waals surface area contributed by atoms with Gasteiger partial charge in [0.15, 0.2) is 27.2 Å². The summed E-state index contributed by atoms with van der Waals surface area (Å²) in [5.41, 5.74) is 14.0. The lowest BCUT2D eigenvalue weighted by molar-refractivity contribution is -0.144. The highest BCUT2D eigenvalue weighted by molar-refractivity contribution is 5.75. The normalized spacial score (nSPS) is 33.6. The number of fused-ring (bicyclic) bond motifs is 20. The number of rotatable bonds is 33. The van der Waals surface area contributed by atoms with E-state index in [0.717, 1.165) is 80.7 Å². The molecule has 1 unspecified atom stereocenters. The fourth-order valence-corrected chi connectivity index (χ4v) is 25.9. The van der Waals surface area contributed by atoms with Crippen molar-refractivity contribution in [2.75, 3.05) is 131 Å². The molecular weight excluding hydrogens is 1510 g/mol. The number of allylic oxidation sites excluding steroid dienone is 2. The third kappa shape index (κ3) is 19.2. The van der Waals surface area contributed by atoms with Gasteiger partial charge in [0.05, 0.1) is 37.4 Å². The molecule has 0 saturated heterocycles. The van der Waals surface area contributed by atoms with Crippen LogP contribution in [0.2, 0.25) is 0 Å². The number of methoxy groups -OCH3 is 8. The SMILES string of the molecule is CCOC(=O)CC1C[C@@H]2[C@H](CC[C@]3(C)[C@@H](OCOC)CC[C@@H]23)c2ccc(OCOC)cc21.COCOc1ccc2c(c1)C(CCO)=C[C@@H]1[C@@H]2CC[C@]2(C)[C@@H](OCOC)CC[C@@H]12.COCOc1ccc2c(c1)C(CCO)=C[C@@H]1[C@@H]2CC[C@]2(C)[C@@H](OCOC)CC[C@@H]12.COCOc1ccc2c(c1)[C@H](CC=O)C[C@@H]1[C@@H]2CC[C@]2(C)[C@@H](OCOC)CC[C@@H]12. The van der Waals surface area contributed by atoms with Crippen LogP contribution in [0.15, 0.2) is 84.9 Å². The summed E-state index contributed by atoms with van der Waals surface area (Å²) in [5.74, 6) is 10.4.